The Morgan fingerprint density at radius 1 is 0.542 bits per heavy atom. The zero-order valence-corrected chi connectivity index (χ0v) is 76.3. The Labute approximate surface area is 767 Å². The molecule has 2 aliphatic heterocycles. The number of halogens is 1. The predicted molar refractivity (Wildman–Crippen MR) is 479 cm³/mol. The molecular formula is C87H122ClN19O23S. The molecule has 17 amide bonds. The maximum absolute atomic E-state index is 15.5. The molecule has 0 bridgehead atoms. The van der Waals surface area contributed by atoms with Crippen LogP contribution >= 0.6 is 24.4 Å². The number of aliphatic hydroxyl groups is 3. The molecule has 0 saturated carbocycles. The number of phenols is 1. The van der Waals surface area contributed by atoms with E-state index in [0.29, 0.717) is 68.6 Å². The number of hydrogen-bond acceptors (Lipinski definition) is 23. The number of β-amino-alcohol motifs (C(OH)–C–C–N with tert-alkyl or cyclic N) is 1. The molecule has 2 fully saturated rings. The maximum Gasteiger partial charge on any atom is 0.322 e. The number of nitrogens with one attached hydrogen (secondary N) is 11. The number of benzene rings is 3. The van der Waals surface area contributed by atoms with Gasteiger partial charge in [-0.3, -0.25) is 86.3 Å². The van der Waals surface area contributed by atoms with E-state index in [4.69, 9.17) is 28.4 Å². The minimum Gasteiger partial charge on any atom is -0.508 e. The molecule has 2 saturated heterocycles. The summed E-state index contributed by atoms with van der Waals surface area (Å²) >= 11 is 10.5. The fourth-order valence-electron chi connectivity index (χ4n) is 15.7. The number of aromatic hydroxyl groups is 1. The number of nitrogens with zero attached hydrogens (tertiary/aromatic N) is 6. The summed E-state index contributed by atoms with van der Waals surface area (Å²) in [5, 5.41) is 75.9. The minimum absolute atomic E-state index is 0.0315. The highest BCUT2D eigenvalue weighted by Crippen LogP contribution is 2.28. The molecule has 42 nitrogen and oxygen atoms in total. The van der Waals surface area contributed by atoms with Crippen molar-refractivity contribution in [2.45, 2.75) is 235 Å². The normalized spacial score (nSPS) is 17.0. The third-order valence-corrected chi connectivity index (χ3v) is 23.9. The lowest BCUT2D eigenvalue weighted by molar-refractivity contribution is -0.149. The number of primary amides is 2. The predicted octanol–water partition coefficient (Wildman–Crippen LogP) is -2.23. The number of aromatic amines is 2. The second-order valence-electron chi connectivity index (χ2n) is 33.2. The van der Waals surface area contributed by atoms with Gasteiger partial charge in [0.15, 0.2) is 0 Å². The van der Waals surface area contributed by atoms with Gasteiger partial charge in [-0.05, 0) is 92.3 Å². The van der Waals surface area contributed by atoms with Crippen LogP contribution in [0.4, 0.5) is 0 Å². The number of para-hydroxylation sites is 2. The first kappa shape index (κ1) is 106. The molecule has 2 aliphatic rings. The Bertz CT molecular complexity index is 4920. The van der Waals surface area contributed by atoms with Gasteiger partial charge in [-0.25, -0.2) is 4.42 Å². The van der Waals surface area contributed by atoms with Gasteiger partial charge in [-0.15, -0.1) is 0 Å². The number of thiol groups is 1. The molecule has 0 spiro atoms. The third-order valence-electron chi connectivity index (χ3n) is 23.1. The molecule has 3 aromatic carbocycles. The van der Waals surface area contributed by atoms with Gasteiger partial charge in [0.1, 0.15) is 96.9 Å². The molecule has 44 heteroatoms. The van der Waals surface area contributed by atoms with E-state index >= 15 is 28.8 Å². The fraction of sp³-hybridized carbons (Fsp3) is 0.540. The number of carbonyl (C=O) groups excluding carboxylic acids is 17. The monoisotopic (exact) mass is 1870 g/mol. The summed E-state index contributed by atoms with van der Waals surface area (Å²) in [6.07, 6.45) is 0.489. The zero-order chi connectivity index (χ0) is 96.9. The van der Waals surface area contributed by atoms with Crippen molar-refractivity contribution < 1.29 is 112 Å². The van der Waals surface area contributed by atoms with Crippen molar-refractivity contribution in [1.29, 1.82) is 0 Å². The Morgan fingerprint density at radius 3 is 1.58 bits per heavy atom. The highest BCUT2D eigenvalue weighted by Gasteiger charge is 2.47. The lowest BCUT2D eigenvalue weighted by Crippen LogP contribution is -2.62. The van der Waals surface area contributed by atoms with Gasteiger partial charge in [0.25, 0.3) is 0 Å². The van der Waals surface area contributed by atoms with Crippen molar-refractivity contribution in [3.05, 3.63) is 102 Å². The van der Waals surface area contributed by atoms with Gasteiger partial charge in [0, 0.05) is 125 Å². The first-order valence-corrected chi connectivity index (χ1v) is 44.3. The number of unbranched alkanes of at least 4 members (excludes halogenated alkanes) is 2. The van der Waals surface area contributed by atoms with Crippen molar-refractivity contribution in [3.8, 4) is 5.75 Å². The second-order valence-corrected chi connectivity index (χ2v) is 34.0. The van der Waals surface area contributed by atoms with Crippen molar-refractivity contribution >= 4 is 153 Å². The van der Waals surface area contributed by atoms with Gasteiger partial charge >= 0.3 is 5.97 Å². The van der Waals surface area contributed by atoms with E-state index in [1.807, 2.05) is 13.8 Å². The van der Waals surface area contributed by atoms with E-state index in [1.165, 1.54) is 57.2 Å². The van der Waals surface area contributed by atoms with Crippen LogP contribution in [0.15, 0.2) is 85.2 Å². The molecule has 20 N–H and O–H groups in total. The molecule has 131 heavy (non-hydrogen) atoms. The molecule has 4 heterocycles. The number of H-pyrrole nitrogens is 2. The summed E-state index contributed by atoms with van der Waals surface area (Å²) in [4.78, 5) is 264. The van der Waals surface area contributed by atoms with Crippen LogP contribution in [-0.2, 0) is 106 Å². The number of aliphatic hydroxyl groups excluding tert-OH is 3. The summed E-state index contributed by atoms with van der Waals surface area (Å²) in [5.74, 6) is -18.1. The molecule has 0 unspecified atom stereocenters. The maximum atomic E-state index is 15.5. The Hall–Kier alpha value is -12.5. The molecule has 5 aromatic rings. The van der Waals surface area contributed by atoms with Crippen LogP contribution in [0.5, 0.6) is 5.75 Å². The van der Waals surface area contributed by atoms with Gasteiger partial charge in [0.2, 0.25) is 100 Å². The number of nitrogens with two attached hydrogens (primary N) is 2. The van der Waals surface area contributed by atoms with E-state index in [9.17, 15) is 78.0 Å². The van der Waals surface area contributed by atoms with Gasteiger partial charge in [-0.1, -0.05) is 102 Å². The van der Waals surface area contributed by atoms with Gasteiger partial charge in [-0.2, -0.15) is 12.6 Å². The summed E-state index contributed by atoms with van der Waals surface area (Å²) in [5.41, 5.74) is 13.8. The highest BCUT2D eigenvalue weighted by molar-refractivity contribution is 7.80. The number of amides is 17. The van der Waals surface area contributed by atoms with Gasteiger partial charge in [0.05, 0.1) is 25.7 Å². The van der Waals surface area contributed by atoms with E-state index in [2.05, 4.69) is 70.4 Å². The lowest BCUT2D eigenvalue weighted by Gasteiger charge is -2.36. The number of carbonyl (C=O) groups is 18. The first-order valence-electron chi connectivity index (χ1n) is 43.3. The number of aliphatic carboxylic acids is 1. The number of likely N-dealkylation sites (tertiary alicyclic amines) is 2. The summed E-state index contributed by atoms with van der Waals surface area (Å²) in [7, 11) is 3.95. The smallest absolute Gasteiger partial charge is 0.322 e. The number of likely N-dealkylation sites (N-methyl/N-ethyl adjacent to an activating group) is 3. The molecule has 15 atom stereocenters. The van der Waals surface area contributed by atoms with E-state index in [1.54, 1.807) is 74.8 Å². The molecule has 0 radical (unpaired) electrons. The molecule has 7 rings (SSSR count). The highest BCUT2D eigenvalue weighted by atomic mass is 35.5. The Morgan fingerprint density at radius 2 is 1.03 bits per heavy atom. The summed E-state index contributed by atoms with van der Waals surface area (Å²) in [6, 6.07) is -2.26. The minimum atomic E-state index is -1.93. The van der Waals surface area contributed by atoms with E-state index < -0.39 is 249 Å². The second kappa shape index (κ2) is 50.1. The van der Waals surface area contributed by atoms with Crippen LogP contribution in [0.1, 0.15) is 142 Å². The lowest BCUT2D eigenvalue weighted by atomic mass is 9.99. The zero-order valence-electron chi connectivity index (χ0n) is 74.6. The topological polar surface area (TPSA) is 620 Å². The molecule has 0 aliphatic carbocycles. The average Bonchev–Trinajstić information content (AvgIpc) is 1.78. The van der Waals surface area contributed by atoms with E-state index in [-0.39, 0.29) is 75.3 Å². The largest absolute Gasteiger partial charge is 0.508 e. The third kappa shape index (κ3) is 29.3. The van der Waals surface area contributed by atoms with Crippen LogP contribution in [0.3, 0.4) is 0 Å². The number of rotatable bonds is 50. The van der Waals surface area contributed by atoms with Crippen LogP contribution < -0.4 is 59.3 Å². The number of hydrogen-bond donors (Lipinski definition) is 19. The van der Waals surface area contributed by atoms with E-state index in [0.717, 1.165) is 26.5 Å². The summed E-state index contributed by atoms with van der Waals surface area (Å²) < 4.78 is 0.641. The quantitative estimate of drug-likeness (QED) is 0.0145. The van der Waals surface area contributed by atoms with Crippen molar-refractivity contribution in [2.75, 3.05) is 59.7 Å². The average molecular weight is 1870 g/mol. The standard InChI is InChI=1S/C87H122ClN19O23S/c1-10-12-23-66(80(123)95-59(33-46(3)4)76(119)101-65(45-131)75(118)93-41-73(115)116)103(8)86(129)68(24-13-11-2)104(9)83(126)61(36-51-40-92-57-22-17-15-20-55(51)57)98-79(122)63(43-108)99-77(120)60(35-50-39-91-56-21-16-14-19-54(50)56)96-82(125)69-37-53(112)42-106(69)84(127)58(30-31-71(89)113)94-78(121)64(44-109)100-81(124)67-25-18-32-105(67)85(128)62(38-72(90)114)97-74(117)47(5)102(7)87(130)70(107(88)48(6)110)34-49-26-28-52(111)29-27-49/h14-17,19-22,26-29,39-40,46-47,53,58-70,91-92,108-109,111-112,131H,10-13,18,23-25,30-38,41-45H2,1-9H3,(H2,89,113)(H2,90,114)(H,93,118)(H,94,121)(H,95,123)(H,96,125)(H,97,117)(H,98,122)(H,99,120)(H,100,124)(H,101,119)(H,115,116)/t47-,53+,58-,59-,60-,61-,62-,63-,64-,65-,66-,67-,68-,69-,70-/m0/s1. The molecular weight excluding hydrogens is 1750 g/mol. The van der Waals surface area contributed by atoms with Crippen molar-refractivity contribution in [2.24, 2.45) is 17.4 Å². The van der Waals surface area contributed by atoms with Crippen LogP contribution in [0, 0.1) is 5.92 Å². The van der Waals surface area contributed by atoms with Crippen LogP contribution in [-0.4, -0.2) is 321 Å². The van der Waals surface area contributed by atoms with Crippen molar-refractivity contribution in [3.63, 3.8) is 0 Å². The van der Waals surface area contributed by atoms with Crippen molar-refractivity contribution in [1.82, 2.24) is 86.7 Å². The first-order chi connectivity index (χ1) is 62.1. The number of phenolic OH excluding ortho intramolecular Hbond substituents is 1. The van der Waals surface area contributed by atoms with Gasteiger partial charge < -0.3 is 119 Å². The fourth-order valence-corrected chi connectivity index (χ4v) is 16.1. The Kier molecular flexibility index (Phi) is 40.3. The number of carboxylic acids is 1. The SMILES string of the molecule is CCCC[C@@H](C(=O)N(C)[C@@H](CCCC)C(=O)N[C@@H](CC(C)C)C(=O)N[C@@H](CS)C(=O)NCC(=O)O)N(C)C(=O)[C@H](Cc1c[nH]c2ccccc12)NC(=O)[C@H](CO)NC(=O)[C@H](Cc1c[nH]c2ccccc12)NC(=O)[C@@H]1C[C@@H](O)CN1C(=O)[C@H](CCC(N)=O)NC(=O)[C@H](CO)NC(=O)[C@@H]1CCCN1C(=O)[C@H](CC(N)=O)NC(=O)[C@H](C)N(C)C(=O)[C@H](Cc1ccc(O)cc1)N(Cl)C(C)=O. The molecule has 716 valence electrons. The molecule has 2 aromatic heterocycles. The number of aromatic nitrogens is 2. The number of fused-ring (bicyclic) bond motifs is 2. The van der Waals surface area contributed by atoms with Crippen LogP contribution in [0.25, 0.3) is 21.8 Å². The van der Waals surface area contributed by atoms with Crippen LogP contribution in [0.2, 0.25) is 0 Å². The Balaban J connectivity index is 1.10. The summed E-state index contributed by atoms with van der Waals surface area (Å²) in [6.45, 7) is 5.87. The number of carboxylic acid groups (broad SMARTS) is 1.